The molecule has 156 valence electrons. The minimum atomic E-state index is -0.656. The zero-order chi connectivity index (χ0) is 21.3. The number of benzene rings is 1. The van der Waals surface area contributed by atoms with Crippen molar-refractivity contribution in [3.05, 3.63) is 71.9 Å². The van der Waals surface area contributed by atoms with E-state index in [2.05, 4.69) is 15.4 Å². The first-order chi connectivity index (χ1) is 14.4. The van der Waals surface area contributed by atoms with Crippen molar-refractivity contribution >= 4 is 11.7 Å². The summed E-state index contributed by atoms with van der Waals surface area (Å²) in [6.07, 6.45) is 2.60. The van der Waals surface area contributed by atoms with E-state index in [0.29, 0.717) is 18.1 Å². The van der Waals surface area contributed by atoms with Gasteiger partial charge in [0.15, 0.2) is 23.1 Å². The smallest absolute Gasteiger partial charge is 0.275 e. The van der Waals surface area contributed by atoms with E-state index in [1.165, 1.54) is 10.9 Å². The molecule has 0 saturated heterocycles. The van der Waals surface area contributed by atoms with E-state index in [1.807, 2.05) is 62.2 Å². The first-order valence-electron chi connectivity index (χ1n) is 9.86. The summed E-state index contributed by atoms with van der Waals surface area (Å²) in [6.45, 7) is 4.23. The summed E-state index contributed by atoms with van der Waals surface area (Å²) < 4.78 is 21.9. The lowest BCUT2D eigenvalue weighted by atomic mass is 10.0. The molecule has 7 nitrogen and oxygen atoms in total. The van der Waals surface area contributed by atoms with Crippen molar-refractivity contribution in [2.75, 3.05) is 11.9 Å². The van der Waals surface area contributed by atoms with Crippen LogP contribution in [0.4, 0.5) is 10.2 Å². The lowest BCUT2D eigenvalue weighted by Crippen LogP contribution is -2.54. The van der Waals surface area contributed by atoms with Gasteiger partial charge in [0.1, 0.15) is 6.10 Å². The summed E-state index contributed by atoms with van der Waals surface area (Å²) in [5, 5.41) is 7.07. The van der Waals surface area contributed by atoms with Crippen molar-refractivity contribution in [3.63, 3.8) is 0 Å². The number of rotatable bonds is 4. The number of pyridine rings is 1. The van der Waals surface area contributed by atoms with E-state index in [1.54, 1.807) is 12.3 Å². The number of hydrogen-bond acceptors (Lipinski definition) is 5. The molecule has 0 fully saturated rings. The number of carbonyl (C=O) groups is 1. The number of ether oxygens (including phenoxy) is 1. The summed E-state index contributed by atoms with van der Waals surface area (Å²) in [7, 11) is 1.90. The van der Waals surface area contributed by atoms with Crippen LogP contribution in [0.2, 0.25) is 0 Å². The van der Waals surface area contributed by atoms with Gasteiger partial charge in [-0.25, -0.2) is 9.37 Å². The molecule has 1 N–H and O–H groups in total. The van der Waals surface area contributed by atoms with Crippen molar-refractivity contribution in [1.29, 1.82) is 0 Å². The maximum atomic E-state index is 14.5. The number of fused-ring (bicyclic) bond motifs is 1. The summed E-state index contributed by atoms with van der Waals surface area (Å²) in [4.78, 5) is 19.2. The second-order valence-corrected chi connectivity index (χ2v) is 7.51. The monoisotopic (exact) mass is 409 g/mol. The van der Waals surface area contributed by atoms with Crippen LogP contribution >= 0.6 is 0 Å². The number of amides is 1. The van der Waals surface area contributed by atoms with Crippen LogP contribution in [0.1, 0.15) is 29.9 Å². The summed E-state index contributed by atoms with van der Waals surface area (Å²) in [5.74, 6) is 0.122. The van der Waals surface area contributed by atoms with Crippen molar-refractivity contribution in [3.8, 4) is 5.75 Å². The number of nitrogens with zero attached hydrogens (tertiary/aromatic N) is 4. The molecule has 3 aromatic rings. The highest BCUT2D eigenvalue weighted by Crippen LogP contribution is 2.31. The molecule has 8 heteroatoms. The Labute approximate surface area is 174 Å². The zero-order valence-corrected chi connectivity index (χ0v) is 17.1. The Morgan fingerprint density at radius 3 is 2.73 bits per heavy atom. The van der Waals surface area contributed by atoms with Crippen LogP contribution in [0.25, 0.3) is 0 Å². The molecule has 0 bridgehead atoms. The summed E-state index contributed by atoms with van der Waals surface area (Å²) in [6, 6.07) is 12.7. The second-order valence-electron chi connectivity index (χ2n) is 7.51. The first-order valence-corrected chi connectivity index (χ1v) is 9.86. The Hall–Kier alpha value is -3.42. The largest absolute Gasteiger partial charge is 0.485 e. The van der Waals surface area contributed by atoms with Gasteiger partial charge in [-0.1, -0.05) is 30.3 Å². The van der Waals surface area contributed by atoms with Crippen molar-refractivity contribution in [1.82, 2.24) is 20.1 Å². The van der Waals surface area contributed by atoms with Crippen molar-refractivity contribution < 1.29 is 13.9 Å². The van der Waals surface area contributed by atoms with Crippen molar-refractivity contribution in [2.45, 2.75) is 38.6 Å². The van der Waals surface area contributed by atoms with Crippen LogP contribution in [0, 0.1) is 5.82 Å². The number of likely N-dealkylation sites (N-methyl/N-ethyl adjacent to an activating group) is 1. The van der Waals surface area contributed by atoms with E-state index in [0.717, 1.165) is 5.56 Å². The highest BCUT2D eigenvalue weighted by atomic mass is 19.1. The highest BCUT2D eigenvalue weighted by Gasteiger charge is 2.35. The van der Waals surface area contributed by atoms with Gasteiger partial charge >= 0.3 is 0 Å². The molecule has 1 aliphatic rings. The fraction of sp³-hybridized carbons (Fsp3) is 0.318. The van der Waals surface area contributed by atoms with Gasteiger partial charge in [0, 0.05) is 13.2 Å². The van der Waals surface area contributed by atoms with E-state index in [4.69, 9.17) is 4.74 Å². The van der Waals surface area contributed by atoms with Gasteiger partial charge in [0.25, 0.3) is 5.91 Å². The third-order valence-electron chi connectivity index (χ3n) is 5.45. The molecule has 2 aromatic heterocycles. The fourth-order valence-corrected chi connectivity index (χ4v) is 3.70. The molecular formula is C22H24FN5O2. The lowest BCUT2D eigenvalue weighted by Gasteiger charge is -2.32. The molecular weight excluding hydrogens is 385 g/mol. The van der Waals surface area contributed by atoms with E-state index >= 15 is 0 Å². The zero-order valence-electron chi connectivity index (χ0n) is 17.1. The molecule has 0 spiro atoms. The van der Waals surface area contributed by atoms with Gasteiger partial charge in [-0.3, -0.25) is 9.48 Å². The predicted octanol–water partition coefficient (Wildman–Crippen LogP) is 2.87. The maximum Gasteiger partial charge on any atom is 0.275 e. The predicted molar refractivity (Wildman–Crippen MR) is 111 cm³/mol. The topological polar surface area (TPSA) is 72.3 Å². The van der Waals surface area contributed by atoms with Gasteiger partial charge in [-0.15, -0.1) is 0 Å². The Bertz CT molecular complexity index is 1040. The molecule has 4 rings (SSSR count). The van der Waals surface area contributed by atoms with E-state index in [-0.39, 0.29) is 17.8 Å². The van der Waals surface area contributed by atoms with Gasteiger partial charge in [-0.05, 0) is 31.5 Å². The molecule has 30 heavy (non-hydrogen) atoms. The molecule has 1 aromatic carbocycles. The SMILES string of the molecule is CC1[C@@H](NC(=O)c2nn(Cc3ccccc3)cc2F)[C@H](C)Oc2cccnc2N1C. The van der Waals surface area contributed by atoms with Gasteiger partial charge in [-0.2, -0.15) is 5.10 Å². The molecule has 3 atom stereocenters. The Balaban J connectivity index is 1.52. The number of carbonyl (C=O) groups excluding carboxylic acids is 1. The molecule has 3 heterocycles. The molecule has 0 aliphatic carbocycles. The second kappa shape index (κ2) is 8.14. The Morgan fingerprint density at radius 1 is 1.20 bits per heavy atom. The lowest BCUT2D eigenvalue weighted by molar-refractivity contribution is 0.0866. The number of anilines is 1. The standard InChI is InChI=1S/C22H24FN5O2/c1-14-19(15(2)30-18-10-7-11-24-21(18)27(14)3)25-22(29)20-17(23)13-28(26-20)12-16-8-5-4-6-9-16/h4-11,13-15,19H,12H2,1-3H3,(H,25,29)/t14?,15-,19+/m0/s1. The Morgan fingerprint density at radius 2 is 1.97 bits per heavy atom. The van der Waals surface area contributed by atoms with Crippen LogP contribution < -0.4 is 15.0 Å². The van der Waals surface area contributed by atoms with Gasteiger partial charge < -0.3 is 15.0 Å². The molecule has 1 aliphatic heterocycles. The number of nitrogens with one attached hydrogen (secondary N) is 1. The quantitative estimate of drug-likeness (QED) is 0.717. The van der Waals surface area contributed by atoms with Crippen LogP contribution in [0.15, 0.2) is 54.9 Å². The fourth-order valence-electron chi connectivity index (χ4n) is 3.70. The average Bonchev–Trinajstić information content (AvgIpc) is 3.08. The normalized spacial score (nSPS) is 20.8. The number of hydrogen-bond donors (Lipinski definition) is 1. The third kappa shape index (κ3) is 3.85. The van der Waals surface area contributed by atoms with E-state index < -0.39 is 17.8 Å². The van der Waals surface area contributed by atoms with Crippen LogP contribution in [-0.2, 0) is 6.54 Å². The number of halogens is 1. The van der Waals surface area contributed by atoms with Gasteiger partial charge in [0.05, 0.1) is 24.8 Å². The molecule has 1 amide bonds. The first kappa shape index (κ1) is 19.9. The van der Waals surface area contributed by atoms with Crippen LogP contribution in [0.3, 0.4) is 0 Å². The molecule has 1 unspecified atom stereocenters. The van der Waals surface area contributed by atoms with Gasteiger partial charge in [0.2, 0.25) is 0 Å². The highest BCUT2D eigenvalue weighted by molar-refractivity contribution is 5.92. The van der Waals surface area contributed by atoms with Crippen LogP contribution in [0.5, 0.6) is 5.75 Å². The minimum absolute atomic E-state index is 0.130. The third-order valence-corrected chi connectivity index (χ3v) is 5.45. The van der Waals surface area contributed by atoms with Crippen LogP contribution in [-0.4, -0.2) is 45.9 Å². The minimum Gasteiger partial charge on any atom is -0.485 e. The number of aromatic nitrogens is 3. The van der Waals surface area contributed by atoms with Crippen molar-refractivity contribution in [2.24, 2.45) is 0 Å². The molecule has 0 saturated carbocycles. The maximum absolute atomic E-state index is 14.5. The summed E-state index contributed by atoms with van der Waals surface area (Å²) in [5.41, 5.74) is 0.742. The summed E-state index contributed by atoms with van der Waals surface area (Å²) >= 11 is 0. The molecule has 0 radical (unpaired) electrons. The average molecular weight is 409 g/mol. The Kier molecular flexibility index (Phi) is 5.39. The van der Waals surface area contributed by atoms with E-state index in [9.17, 15) is 9.18 Å².